The number of methoxy groups -OCH3 is 2. The summed E-state index contributed by atoms with van der Waals surface area (Å²) in [4.78, 5) is 22.8. The molecule has 20 heavy (non-hydrogen) atoms. The maximum atomic E-state index is 13.4. The van der Waals surface area contributed by atoms with Gasteiger partial charge in [-0.05, 0) is 41.6 Å². The molecule has 0 aromatic heterocycles. The molecule has 108 valence electrons. The first kappa shape index (κ1) is 16.4. The van der Waals surface area contributed by atoms with Crippen molar-refractivity contribution in [3.8, 4) is 0 Å². The molecule has 0 amide bonds. The van der Waals surface area contributed by atoms with Crippen LogP contribution in [-0.4, -0.2) is 26.2 Å². The summed E-state index contributed by atoms with van der Waals surface area (Å²) in [6, 6.07) is 2.74. The SMILES string of the molecule is COC(=O)/C=C(/Nc1ccc(F)c(C)c1I)C(=O)OC. The van der Waals surface area contributed by atoms with Crippen molar-refractivity contribution in [2.24, 2.45) is 0 Å². The molecule has 0 fully saturated rings. The Morgan fingerprint density at radius 3 is 2.50 bits per heavy atom. The van der Waals surface area contributed by atoms with Crippen molar-refractivity contribution in [1.29, 1.82) is 0 Å². The zero-order valence-corrected chi connectivity index (χ0v) is 13.3. The van der Waals surface area contributed by atoms with E-state index in [4.69, 9.17) is 0 Å². The van der Waals surface area contributed by atoms with Gasteiger partial charge in [-0.25, -0.2) is 14.0 Å². The van der Waals surface area contributed by atoms with Crippen LogP contribution in [-0.2, 0) is 19.1 Å². The van der Waals surface area contributed by atoms with E-state index in [1.54, 1.807) is 6.92 Å². The van der Waals surface area contributed by atoms with Gasteiger partial charge in [0.1, 0.15) is 11.5 Å². The van der Waals surface area contributed by atoms with E-state index >= 15 is 0 Å². The summed E-state index contributed by atoms with van der Waals surface area (Å²) in [6.07, 6.45) is 0.973. The van der Waals surface area contributed by atoms with Gasteiger partial charge in [-0.15, -0.1) is 0 Å². The summed E-state index contributed by atoms with van der Waals surface area (Å²) < 4.78 is 23.0. The molecule has 0 unspecified atom stereocenters. The van der Waals surface area contributed by atoms with Crippen molar-refractivity contribution < 1.29 is 23.5 Å². The molecule has 0 bridgehead atoms. The Hall–Kier alpha value is -1.64. The van der Waals surface area contributed by atoms with Crippen LogP contribution in [0.4, 0.5) is 10.1 Å². The van der Waals surface area contributed by atoms with Crippen LogP contribution in [0, 0.1) is 16.3 Å². The van der Waals surface area contributed by atoms with Crippen LogP contribution in [0.1, 0.15) is 5.56 Å². The van der Waals surface area contributed by atoms with Gasteiger partial charge in [-0.1, -0.05) is 0 Å². The summed E-state index contributed by atoms with van der Waals surface area (Å²) in [7, 11) is 2.38. The van der Waals surface area contributed by atoms with E-state index in [0.717, 1.165) is 6.08 Å². The molecule has 0 saturated carbocycles. The third-order valence-corrected chi connectivity index (χ3v) is 3.85. The molecule has 7 heteroatoms. The standard InChI is InChI=1S/C13H13FINO4/c1-7-8(14)4-5-9(12(7)15)16-10(13(18)20-3)6-11(17)19-2/h4-6,16H,1-3H3/b10-6+. The minimum Gasteiger partial charge on any atom is -0.466 e. The Morgan fingerprint density at radius 1 is 1.30 bits per heavy atom. The van der Waals surface area contributed by atoms with E-state index in [9.17, 15) is 14.0 Å². The topological polar surface area (TPSA) is 64.6 Å². The smallest absolute Gasteiger partial charge is 0.354 e. The Morgan fingerprint density at radius 2 is 1.95 bits per heavy atom. The van der Waals surface area contributed by atoms with E-state index in [1.807, 2.05) is 22.6 Å². The normalized spacial score (nSPS) is 10.9. The van der Waals surface area contributed by atoms with Gasteiger partial charge in [0.15, 0.2) is 0 Å². The summed E-state index contributed by atoms with van der Waals surface area (Å²) in [6.45, 7) is 1.62. The second-order valence-corrected chi connectivity index (χ2v) is 4.81. The minimum absolute atomic E-state index is 0.0942. The zero-order valence-electron chi connectivity index (χ0n) is 11.1. The van der Waals surface area contributed by atoms with Crippen LogP contribution in [0.2, 0.25) is 0 Å². The fraction of sp³-hybridized carbons (Fsp3) is 0.231. The second kappa shape index (κ2) is 7.22. The van der Waals surface area contributed by atoms with Crippen molar-refractivity contribution in [2.75, 3.05) is 19.5 Å². The predicted molar refractivity (Wildman–Crippen MR) is 79.6 cm³/mol. The Kier molecular flexibility index (Phi) is 5.93. The lowest BCUT2D eigenvalue weighted by Gasteiger charge is -2.12. The van der Waals surface area contributed by atoms with Crippen molar-refractivity contribution in [1.82, 2.24) is 0 Å². The summed E-state index contributed by atoms with van der Waals surface area (Å²) in [5.41, 5.74) is 0.839. The largest absolute Gasteiger partial charge is 0.466 e. The number of halogens is 2. The van der Waals surface area contributed by atoms with Gasteiger partial charge < -0.3 is 14.8 Å². The first-order valence-electron chi connectivity index (χ1n) is 5.50. The molecular formula is C13H13FINO4. The number of esters is 2. The van der Waals surface area contributed by atoms with Crippen LogP contribution < -0.4 is 5.32 Å². The molecule has 0 atom stereocenters. The molecule has 1 aromatic rings. The van der Waals surface area contributed by atoms with E-state index < -0.39 is 11.9 Å². The van der Waals surface area contributed by atoms with Crippen molar-refractivity contribution in [3.63, 3.8) is 0 Å². The fourth-order valence-electron chi connectivity index (χ4n) is 1.34. The van der Waals surface area contributed by atoms with Crippen LogP contribution in [0.3, 0.4) is 0 Å². The number of hydrogen-bond donors (Lipinski definition) is 1. The van der Waals surface area contributed by atoms with Crippen molar-refractivity contribution in [3.05, 3.63) is 38.9 Å². The molecule has 0 aliphatic carbocycles. The lowest BCUT2D eigenvalue weighted by atomic mass is 10.2. The highest BCUT2D eigenvalue weighted by atomic mass is 127. The van der Waals surface area contributed by atoms with Crippen molar-refractivity contribution in [2.45, 2.75) is 6.92 Å². The van der Waals surface area contributed by atoms with Gasteiger partial charge in [0.05, 0.1) is 26.0 Å². The van der Waals surface area contributed by atoms with Crippen LogP contribution in [0.15, 0.2) is 23.9 Å². The number of carbonyl (C=O) groups is 2. The van der Waals surface area contributed by atoms with E-state index in [1.165, 1.54) is 26.4 Å². The van der Waals surface area contributed by atoms with Gasteiger partial charge >= 0.3 is 11.9 Å². The molecule has 0 radical (unpaired) electrons. The highest BCUT2D eigenvalue weighted by Gasteiger charge is 2.15. The van der Waals surface area contributed by atoms with Gasteiger partial charge in [-0.3, -0.25) is 0 Å². The molecular weight excluding hydrogens is 380 g/mol. The quantitative estimate of drug-likeness (QED) is 0.484. The summed E-state index contributed by atoms with van der Waals surface area (Å²) in [5.74, 6) is -1.78. The number of hydrogen-bond acceptors (Lipinski definition) is 5. The molecule has 5 nitrogen and oxygen atoms in total. The zero-order chi connectivity index (χ0) is 15.3. The van der Waals surface area contributed by atoms with E-state index in [-0.39, 0.29) is 11.5 Å². The molecule has 0 saturated heterocycles. The summed E-state index contributed by atoms with van der Waals surface area (Å²) >= 11 is 1.94. The van der Waals surface area contributed by atoms with E-state index in [0.29, 0.717) is 14.8 Å². The average Bonchev–Trinajstić information content (AvgIpc) is 2.45. The Bertz CT molecular complexity index is 572. The second-order valence-electron chi connectivity index (χ2n) is 3.73. The third kappa shape index (κ3) is 3.92. The van der Waals surface area contributed by atoms with Gasteiger partial charge in [0.2, 0.25) is 0 Å². The molecule has 1 rings (SSSR count). The van der Waals surface area contributed by atoms with Crippen LogP contribution >= 0.6 is 22.6 Å². The number of anilines is 1. The molecule has 1 N–H and O–H groups in total. The third-order valence-electron chi connectivity index (χ3n) is 2.46. The van der Waals surface area contributed by atoms with Crippen molar-refractivity contribution >= 4 is 40.2 Å². The number of ether oxygens (including phenoxy) is 2. The molecule has 0 aliphatic heterocycles. The Labute approximate surface area is 129 Å². The number of rotatable bonds is 4. The molecule has 0 aliphatic rings. The maximum Gasteiger partial charge on any atom is 0.354 e. The van der Waals surface area contributed by atoms with Crippen LogP contribution in [0.25, 0.3) is 0 Å². The van der Waals surface area contributed by atoms with Gasteiger partial charge in [-0.2, -0.15) is 0 Å². The highest BCUT2D eigenvalue weighted by Crippen LogP contribution is 2.25. The molecule has 1 aromatic carbocycles. The first-order chi connectivity index (χ1) is 9.40. The summed E-state index contributed by atoms with van der Waals surface area (Å²) in [5, 5.41) is 2.74. The average molecular weight is 393 g/mol. The monoisotopic (exact) mass is 393 g/mol. The Balaban J connectivity index is 3.14. The highest BCUT2D eigenvalue weighted by molar-refractivity contribution is 14.1. The number of benzene rings is 1. The molecule has 0 spiro atoms. The molecule has 0 heterocycles. The predicted octanol–water partition coefficient (Wildman–Crippen LogP) is 2.38. The van der Waals surface area contributed by atoms with Gasteiger partial charge in [0.25, 0.3) is 0 Å². The van der Waals surface area contributed by atoms with Gasteiger partial charge in [0, 0.05) is 9.13 Å². The number of carbonyl (C=O) groups excluding carboxylic acids is 2. The lowest BCUT2D eigenvalue weighted by Crippen LogP contribution is -2.16. The minimum atomic E-state index is -0.729. The maximum absolute atomic E-state index is 13.4. The van der Waals surface area contributed by atoms with Crippen LogP contribution in [0.5, 0.6) is 0 Å². The fourth-order valence-corrected chi connectivity index (χ4v) is 1.91. The lowest BCUT2D eigenvalue weighted by molar-refractivity contribution is -0.138. The van der Waals surface area contributed by atoms with E-state index in [2.05, 4.69) is 14.8 Å². The first-order valence-corrected chi connectivity index (χ1v) is 6.58. The number of nitrogens with one attached hydrogen (secondary N) is 1.